The van der Waals surface area contributed by atoms with E-state index in [-0.39, 0.29) is 0 Å². The van der Waals surface area contributed by atoms with Crippen molar-refractivity contribution < 1.29 is 0 Å². The summed E-state index contributed by atoms with van der Waals surface area (Å²) in [6.45, 7) is 0. The summed E-state index contributed by atoms with van der Waals surface area (Å²) in [4.78, 5) is 8.20. The van der Waals surface area contributed by atoms with Gasteiger partial charge in [0.25, 0.3) is 0 Å². The molecule has 2 aromatic heterocycles. The standard InChI is InChI=1S/C11H11N7/c1-13-10-9(12)11(15-6-14-10)18-8-5-3-2-4-7(8)16-17-18/h2-6H,12H2,1H3,(H,13,14,15). The van der Waals surface area contributed by atoms with Crippen LogP contribution in [0.25, 0.3) is 16.9 Å². The second kappa shape index (κ2) is 3.95. The molecule has 1 aromatic carbocycles. The van der Waals surface area contributed by atoms with E-state index in [1.807, 2.05) is 24.3 Å². The molecule has 0 amide bonds. The molecule has 7 nitrogen and oxygen atoms in total. The molecule has 18 heavy (non-hydrogen) atoms. The Morgan fingerprint density at radius 1 is 1.22 bits per heavy atom. The number of benzene rings is 1. The fourth-order valence-corrected chi connectivity index (χ4v) is 1.78. The lowest BCUT2D eigenvalue weighted by atomic mass is 10.3. The minimum Gasteiger partial charge on any atom is -0.393 e. The van der Waals surface area contributed by atoms with E-state index in [9.17, 15) is 0 Å². The molecule has 7 heteroatoms. The van der Waals surface area contributed by atoms with E-state index >= 15 is 0 Å². The molecule has 0 saturated carbocycles. The number of nitrogens with two attached hydrogens (primary N) is 1. The summed E-state index contributed by atoms with van der Waals surface area (Å²) >= 11 is 0. The minimum atomic E-state index is 0.440. The van der Waals surface area contributed by atoms with Crippen molar-refractivity contribution in [3.8, 4) is 5.82 Å². The van der Waals surface area contributed by atoms with Crippen LogP contribution in [-0.2, 0) is 0 Å². The molecular formula is C11H11N7. The third kappa shape index (κ3) is 1.45. The van der Waals surface area contributed by atoms with Crippen LogP contribution < -0.4 is 11.1 Å². The van der Waals surface area contributed by atoms with Crippen molar-refractivity contribution >= 4 is 22.5 Å². The van der Waals surface area contributed by atoms with Gasteiger partial charge < -0.3 is 11.1 Å². The first-order chi connectivity index (χ1) is 8.81. The SMILES string of the molecule is CNc1ncnc(-n2nnc3ccccc32)c1N. The van der Waals surface area contributed by atoms with E-state index in [0.29, 0.717) is 17.3 Å². The summed E-state index contributed by atoms with van der Waals surface area (Å²) < 4.78 is 1.60. The van der Waals surface area contributed by atoms with Gasteiger partial charge in [-0.1, -0.05) is 17.3 Å². The van der Waals surface area contributed by atoms with Gasteiger partial charge in [0.1, 0.15) is 17.5 Å². The highest BCUT2D eigenvalue weighted by Crippen LogP contribution is 2.23. The zero-order valence-corrected chi connectivity index (χ0v) is 9.70. The second-order valence-corrected chi connectivity index (χ2v) is 3.70. The third-order valence-electron chi connectivity index (χ3n) is 2.65. The van der Waals surface area contributed by atoms with Crippen molar-refractivity contribution in [3.63, 3.8) is 0 Å². The molecule has 3 N–H and O–H groups in total. The molecular weight excluding hydrogens is 230 g/mol. The molecule has 0 aliphatic rings. The van der Waals surface area contributed by atoms with Crippen molar-refractivity contribution in [1.82, 2.24) is 25.0 Å². The van der Waals surface area contributed by atoms with Crippen LogP contribution in [0.2, 0.25) is 0 Å². The van der Waals surface area contributed by atoms with Crippen molar-refractivity contribution in [1.29, 1.82) is 0 Å². The van der Waals surface area contributed by atoms with Gasteiger partial charge in [-0.2, -0.15) is 4.68 Å². The summed E-state index contributed by atoms with van der Waals surface area (Å²) in [5.74, 6) is 1.09. The van der Waals surface area contributed by atoms with Crippen LogP contribution in [0, 0.1) is 0 Å². The van der Waals surface area contributed by atoms with Gasteiger partial charge in [0.2, 0.25) is 0 Å². The zero-order valence-electron chi connectivity index (χ0n) is 9.70. The molecule has 0 radical (unpaired) electrons. The highest BCUT2D eigenvalue weighted by molar-refractivity contribution is 5.78. The second-order valence-electron chi connectivity index (χ2n) is 3.70. The van der Waals surface area contributed by atoms with Crippen LogP contribution >= 0.6 is 0 Å². The van der Waals surface area contributed by atoms with E-state index in [1.165, 1.54) is 6.33 Å². The highest BCUT2D eigenvalue weighted by atomic mass is 15.4. The number of nitrogens with zero attached hydrogens (tertiary/aromatic N) is 5. The molecule has 0 saturated heterocycles. The average Bonchev–Trinajstić information content (AvgIpc) is 2.83. The van der Waals surface area contributed by atoms with Gasteiger partial charge >= 0.3 is 0 Å². The summed E-state index contributed by atoms with van der Waals surface area (Å²) in [7, 11) is 1.75. The van der Waals surface area contributed by atoms with Gasteiger partial charge in [-0.25, -0.2) is 9.97 Å². The van der Waals surface area contributed by atoms with Crippen LogP contribution in [0.5, 0.6) is 0 Å². The number of hydrogen-bond donors (Lipinski definition) is 2. The van der Waals surface area contributed by atoms with E-state index in [0.717, 1.165) is 11.0 Å². The molecule has 0 spiro atoms. The lowest BCUT2D eigenvalue weighted by Crippen LogP contribution is -2.08. The summed E-state index contributed by atoms with van der Waals surface area (Å²) in [5, 5.41) is 11.0. The number of hydrogen-bond acceptors (Lipinski definition) is 6. The van der Waals surface area contributed by atoms with E-state index in [2.05, 4.69) is 25.6 Å². The lowest BCUT2D eigenvalue weighted by molar-refractivity contribution is 0.800. The normalized spacial score (nSPS) is 10.7. The topological polar surface area (TPSA) is 94.5 Å². The molecule has 2 heterocycles. The molecule has 0 aliphatic carbocycles. The Hall–Kier alpha value is -2.70. The number of para-hydroxylation sites is 1. The molecule has 3 rings (SSSR count). The summed E-state index contributed by atoms with van der Waals surface area (Å²) in [6, 6.07) is 7.62. The van der Waals surface area contributed by atoms with Gasteiger partial charge in [-0.05, 0) is 12.1 Å². The zero-order chi connectivity index (χ0) is 12.5. The van der Waals surface area contributed by atoms with Gasteiger partial charge in [0.15, 0.2) is 11.6 Å². The highest BCUT2D eigenvalue weighted by Gasteiger charge is 2.12. The van der Waals surface area contributed by atoms with E-state index in [1.54, 1.807) is 11.7 Å². The van der Waals surface area contributed by atoms with E-state index < -0.39 is 0 Å². The van der Waals surface area contributed by atoms with Crippen molar-refractivity contribution in [2.45, 2.75) is 0 Å². The fraction of sp³-hybridized carbons (Fsp3) is 0.0909. The Labute approximate surface area is 103 Å². The van der Waals surface area contributed by atoms with Gasteiger partial charge in [-0.3, -0.25) is 0 Å². The minimum absolute atomic E-state index is 0.440. The quantitative estimate of drug-likeness (QED) is 0.690. The van der Waals surface area contributed by atoms with Crippen LogP contribution in [-0.4, -0.2) is 32.0 Å². The maximum absolute atomic E-state index is 6.00. The lowest BCUT2D eigenvalue weighted by Gasteiger charge is -2.08. The molecule has 0 atom stereocenters. The Balaban J connectivity index is 2.26. The van der Waals surface area contributed by atoms with Crippen molar-refractivity contribution in [2.75, 3.05) is 18.1 Å². The van der Waals surface area contributed by atoms with Crippen LogP contribution in [0.3, 0.4) is 0 Å². The van der Waals surface area contributed by atoms with Gasteiger partial charge in [-0.15, -0.1) is 5.10 Å². The predicted octanol–water partition coefficient (Wildman–Crippen LogP) is 0.834. The maximum Gasteiger partial charge on any atom is 0.184 e. The average molecular weight is 241 g/mol. The first-order valence-corrected chi connectivity index (χ1v) is 5.40. The number of rotatable bonds is 2. The molecule has 3 aromatic rings. The van der Waals surface area contributed by atoms with Crippen molar-refractivity contribution in [2.24, 2.45) is 0 Å². The smallest absolute Gasteiger partial charge is 0.184 e. The maximum atomic E-state index is 6.00. The van der Waals surface area contributed by atoms with Gasteiger partial charge in [0, 0.05) is 7.05 Å². The first kappa shape index (κ1) is 10.5. The fourth-order valence-electron chi connectivity index (χ4n) is 1.78. The number of nitrogens with one attached hydrogen (secondary N) is 1. The first-order valence-electron chi connectivity index (χ1n) is 5.40. The number of nitrogen functional groups attached to an aromatic ring is 1. The molecule has 0 bridgehead atoms. The van der Waals surface area contributed by atoms with Crippen LogP contribution in [0.4, 0.5) is 11.5 Å². The summed E-state index contributed by atoms with van der Waals surface area (Å²) in [6.07, 6.45) is 1.44. The predicted molar refractivity (Wildman–Crippen MR) is 68.4 cm³/mol. The number of fused-ring (bicyclic) bond motifs is 1. The third-order valence-corrected chi connectivity index (χ3v) is 2.65. The Morgan fingerprint density at radius 3 is 2.89 bits per heavy atom. The van der Waals surface area contributed by atoms with E-state index in [4.69, 9.17) is 5.73 Å². The molecule has 0 unspecified atom stereocenters. The number of anilines is 2. The summed E-state index contributed by atoms with van der Waals surface area (Å²) in [5.41, 5.74) is 8.09. The van der Waals surface area contributed by atoms with Crippen LogP contribution in [0.15, 0.2) is 30.6 Å². The monoisotopic (exact) mass is 241 g/mol. The van der Waals surface area contributed by atoms with Crippen molar-refractivity contribution in [3.05, 3.63) is 30.6 Å². The Morgan fingerprint density at radius 2 is 2.06 bits per heavy atom. The number of aromatic nitrogens is 5. The Kier molecular flexibility index (Phi) is 2.30. The van der Waals surface area contributed by atoms with Crippen LogP contribution in [0.1, 0.15) is 0 Å². The molecule has 90 valence electrons. The largest absolute Gasteiger partial charge is 0.393 e. The van der Waals surface area contributed by atoms with Gasteiger partial charge in [0.05, 0.1) is 5.52 Å². The molecule has 0 fully saturated rings. The molecule has 0 aliphatic heterocycles. The Bertz CT molecular complexity index is 703.